The molecule has 0 saturated carbocycles. The fraction of sp³-hybridized carbons (Fsp3) is 0.462. The molecule has 4 heteroatoms. The molecule has 0 spiro atoms. The second kappa shape index (κ2) is 5.61. The van der Waals surface area contributed by atoms with Crippen LogP contribution in [0.5, 0.6) is 0 Å². The number of ether oxygens (including phenoxy) is 1. The molecule has 92 valence electrons. The van der Waals surface area contributed by atoms with Crippen molar-refractivity contribution < 1.29 is 13.9 Å². The van der Waals surface area contributed by atoms with Crippen molar-refractivity contribution in [1.82, 2.24) is 0 Å². The number of carbonyl (C=O) groups excluding carboxylic acids is 1. The summed E-state index contributed by atoms with van der Waals surface area (Å²) in [6.45, 7) is 1.39. The molecule has 1 aliphatic heterocycles. The van der Waals surface area contributed by atoms with E-state index in [2.05, 4.69) is 0 Å². The van der Waals surface area contributed by atoms with Crippen molar-refractivity contribution >= 4 is 17.4 Å². The van der Waals surface area contributed by atoms with E-state index in [1.54, 1.807) is 0 Å². The summed E-state index contributed by atoms with van der Waals surface area (Å²) in [7, 11) is 0. The zero-order valence-corrected chi connectivity index (χ0v) is 10.2. The molecule has 1 atom stereocenters. The predicted octanol–water partition coefficient (Wildman–Crippen LogP) is 3.02. The van der Waals surface area contributed by atoms with E-state index in [9.17, 15) is 9.18 Å². The monoisotopic (exact) mass is 256 g/mol. The van der Waals surface area contributed by atoms with Crippen molar-refractivity contribution in [1.29, 1.82) is 0 Å². The topological polar surface area (TPSA) is 26.3 Å². The average Bonchev–Trinajstić information content (AvgIpc) is 2.76. The van der Waals surface area contributed by atoms with Crippen molar-refractivity contribution in [3.8, 4) is 0 Å². The molecular formula is C13H14ClFO2. The van der Waals surface area contributed by atoms with Crippen molar-refractivity contribution in [3.05, 3.63) is 34.6 Å². The minimum atomic E-state index is -0.360. The maximum Gasteiger partial charge on any atom is 0.137 e. The molecule has 2 rings (SSSR count). The van der Waals surface area contributed by atoms with Gasteiger partial charge in [-0.3, -0.25) is 4.79 Å². The Morgan fingerprint density at radius 3 is 3.06 bits per heavy atom. The Hall–Kier alpha value is -0.930. The van der Waals surface area contributed by atoms with Gasteiger partial charge in [-0.05, 0) is 36.1 Å². The van der Waals surface area contributed by atoms with Crippen LogP contribution in [0.3, 0.4) is 0 Å². The largest absolute Gasteiger partial charge is 0.381 e. The Balaban J connectivity index is 1.95. The molecule has 0 amide bonds. The van der Waals surface area contributed by atoms with E-state index < -0.39 is 0 Å². The number of carbonyl (C=O) groups is 1. The Morgan fingerprint density at radius 2 is 2.35 bits per heavy atom. The molecule has 1 aliphatic rings. The van der Waals surface area contributed by atoms with Crippen molar-refractivity contribution in [2.75, 3.05) is 13.2 Å². The van der Waals surface area contributed by atoms with Gasteiger partial charge in [-0.2, -0.15) is 0 Å². The second-order valence-corrected chi connectivity index (χ2v) is 4.79. The molecule has 0 aromatic heterocycles. The molecule has 2 nitrogen and oxygen atoms in total. The van der Waals surface area contributed by atoms with Gasteiger partial charge in [-0.25, -0.2) is 4.39 Å². The summed E-state index contributed by atoms with van der Waals surface area (Å²) in [4.78, 5) is 11.8. The lowest BCUT2D eigenvalue weighted by molar-refractivity contribution is -0.119. The third-order valence-electron chi connectivity index (χ3n) is 2.94. The molecule has 1 aromatic carbocycles. The van der Waals surface area contributed by atoms with E-state index in [-0.39, 0.29) is 18.0 Å². The number of rotatable bonds is 4. The highest BCUT2D eigenvalue weighted by atomic mass is 35.5. The Morgan fingerprint density at radius 1 is 1.53 bits per heavy atom. The normalized spacial score (nSPS) is 19.5. The minimum Gasteiger partial charge on any atom is -0.381 e. The zero-order chi connectivity index (χ0) is 12.3. The van der Waals surface area contributed by atoms with Gasteiger partial charge in [-0.1, -0.05) is 11.6 Å². The number of hydrogen-bond donors (Lipinski definition) is 0. The first kappa shape index (κ1) is 12.5. The van der Waals surface area contributed by atoms with Crippen LogP contribution < -0.4 is 0 Å². The number of benzene rings is 1. The summed E-state index contributed by atoms with van der Waals surface area (Å²) >= 11 is 5.91. The van der Waals surface area contributed by atoms with E-state index in [1.165, 1.54) is 18.2 Å². The summed E-state index contributed by atoms with van der Waals surface area (Å²) in [5.74, 6) is 0.0456. The van der Waals surface area contributed by atoms with Crippen LogP contribution >= 0.6 is 11.6 Å². The van der Waals surface area contributed by atoms with E-state index in [0.717, 1.165) is 13.0 Å². The maximum atomic E-state index is 13.0. The van der Waals surface area contributed by atoms with E-state index in [1.807, 2.05) is 0 Å². The smallest absolute Gasteiger partial charge is 0.137 e. The summed E-state index contributed by atoms with van der Waals surface area (Å²) in [6.07, 6.45) is 1.63. The van der Waals surface area contributed by atoms with Crippen molar-refractivity contribution in [2.45, 2.75) is 19.3 Å². The average molecular weight is 257 g/mol. The van der Waals surface area contributed by atoms with E-state index >= 15 is 0 Å². The van der Waals surface area contributed by atoms with Gasteiger partial charge in [-0.15, -0.1) is 0 Å². The van der Waals surface area contributed by atoms with Gasteiger partial charge >= 0.3 is 0 Å². The first-order valence-corrected chi connectivity index (χ1v) is 6.06. The lowest BCUT2D eigenvalue weighted by Crippen LogP contribution is -2.11. The Bertz CT molecular complexity index is 414. The van der Waals surface area contributed by atoms with Crippen LogP contribution in [0.2, 0.25) is 5.02 Å². The van der Waals surface area contributed by atoms with Gasteiger partial charge in [0.05, 0.1) is 0 Å². The molecular weight excluding hydrogens is 243 g/mol. The highest BCUT2D eigenvalue weighted by Gasteiger charge is 2.19. The molecule has 1 fully saturated rings. The SMILES string of the molecule is O=C(Cc1cc(F)ccc1Cl)CC1CCOC1. The van der Waals surface area contributed by atoms with Gasteiger partial charge < -0.3 is 4.74 Å². The van der Waals surface area contributed by atoms with Crippen molar-refractivity contribution in [2.24, 2.45) is 5.92 Å². The van der Waals surface area contributed by atoms with Crippen LogP contribution in [0.4, 0.5) is 4.39 Å². The van der Waals surface area contributed by atoms with Crippen LogP contribution in [0, 0.1) is 11.7 Å². The molecule has 0 radical (unpaired) electrons. The summed E-state index contributed by atoms with van der Waals surface area (Å²) in [6, 6.07) is 4.10. The predicted molar refractivity (Wildman–Crippen MR) is 63.7 cm³/mol. The van der Waals surface area contributed by atoms with Crippen LogP contribution in [-0.4, -0.2) is 19.0 Å². The molecule has 1 unspecified atom stereocenters. The third kappa shape index (κ3) is 3.51. The maximum absolute atomic E-state index is 13.0. The van der Waals surface area contributed by atoms with E-state index in [4.69, 9.17) is 16.3 Å². The minimum absolute atomic E-state index is 0.0907. The number of ketones is 1. The standard InChI is InChI=1S/C13H14ClFO2/c14-13-2-1-11(15)6-10(13)7-12(16)5-9-3-4-17-8-9/h1-2,6,9H,3-5,7-8H2. The van der Waals surface area contributed by atoms with Crippen LogP contribution in [0.25, 0.3) is 0 Å². The first-order chi connectivity index (χ1) is 8.15. The Labute approximate surface area is 105 Å². The number of hydrogen-bond acceptors (Lipinski definition) is 2. The highest BCUT2D eigenvalue weighted by Crippen LogP contribution is 2.21. The Kier molecular flexibility index (Phi) is 4.13. The fourth-order valence-corrected chi connectivity index (χ4v) is 2.21. The highest BCUT2D eigenvalue weighted by molar-refractivity contribution is 6.31. The second-order valence-electron chi connectivity index (χ2n) is 4.38. The molecule has 1 heterocycles. The molecule has 17 heavy (non-hydrogen) atoms. The summed E-state index contributed by atoms with van der Waals surface area (Å²) in [5, 5.41) is 0.447. The third-order valence-corrected chi connectivity index (χ3v) is 3.30. The summed E-state index contributed by atoms with van der Waals surface area (Å²) < 4.78 is 18.2. The number of Topliss-reactive ketones (excluding diaryl/α,β-unsaturated/α-hetero) is 1. The molecule has 1 aromatic rings. The molecule has 0 aliphatic carbocycles. The summed E-state index contributed by atoms with van der Waals surface area (Å²) in [5.41, 5.74) is 0.565. The quantitative estimate of drug-likeness (QED) is 0.828. The molecule has 1 saturated heterocycles. The lowest BCUT2D eigenvalue weighted by atomic mass is 9.98. The van der Waals surface area contributed by atoms with Gasteiger partial charge in [0, 0.05) is 31.1 Å². The van der Waals surface area contributed by atoms with E-state index in [0.29, 0.717) is 29.5 Å². The van der Waals surface area contributed by atoms with Crippen LogP contribution in [0.15, 0.2) is 18.2 Å². The van der Waals surface area contributed by atoms with Crippen LogP contribution in [-0.2, 0) is 16.0 Å². The van der Waals surface area contributed by atoms with Gasteiger partial charge in [0.15, 0.2) is 0 Å². The lowest BCUT2D eigenvalue weighted by Gasteiger charge is -2.07. The van der Waals surface area contributed by atoms with Gasteiger partial charge in [0.2, 0.25) is 0 Å². The van der Waals surface area contributed by atoms with Crippen molar-refractivity contribution in [3.63, 3.8) is 0 Å². The van der Waals surface area contributed by atoms with Gasteiger partial charge in [0.25, 0.3) is 0 Å². The molecule has 0 N–H and O–H groups in total. The first-order valence-electron chi connectivity index (χ1n) is 5.68. The van der Waals surface area contributed by atoms with Gasteiger partial charge in [0.1, 0.15) is 11.6 Å². The zero-order valence-electron chi connectivity index (χ0n) is 9.42. The molecule has 0 bridgehead atoms. The fourth-order valence-electron chi connectivity index (χ4n) is 2.03. The van der Waals surface area contributed by atoms with Crippen LogP contribution in [0.1, 0.15) is 18.4 Å². The number of halogens is 2.